The highest BCUT2D eigenvalue weighted by Gasteiger charge is 2.45. The first-order valence-electron chi connectivity index (χ1n) is 8.39. The van der Waals surface area contributed by atoms with Gasteiger partial charge in [0.25, 0.3) is 0 Å². The molecule has 0 saturated heterocycles. The molecule has 2 aliphatic rings. The fourth-order valence-electron chi connectivity index (χ4n) is 3.78. The molecule has 2 nitrogen and oxygen atoms in total. The molecule has 0 aliphatic heterocycles. The van der Waals surface area contributed by atoms with Crippen LogP contribution >= 0.6 is 0 Å². The summed E-state index contributed by atoms with van der Waals surface area (Å²) in [5, 5.41) is 19.9. The molecular weight excluding hydrogens is 248 g/mol. The molecule has 1 saturated carbocycles. The van der Waals surface area contributed by atoms with Gasteiger partial charge in [-0.1, -0.05) is 63.3 Å². The molecule has 0 aromatic carbocycles. The highest BCUT2D eigenvalue weighted by Crippen LogP contribution is 2.51. The first kappa shape index (κ1) is 15.8. The molecule has 4 atom stereocenters. The molecule has 0 amide bonds. The molecule has 2 heteroatoms. The summed E-state index contributed by atoms with van der Waals surface area (Å²) >= 11 is 0. The number of aliphatic hydroxyl groups excluding tert-OH is 2. The van der Waals surface area contributed by atoms with Crippen LogP contribution in [0.3, 0.4) is 0 Å². The van der Waals surface area contributed by atoms with Gasteiger partial charge < -0.3 is 10.2 Å². The summed E-state index contributed by atoms with van der Waals surface area (Å²) in [4.78, 5) is 0. The molecule has 1 fully saturated rings. The van der Waals surface area contributed by atoms with E-state index < -0.39 is 0 Å². The van der Waals surface area contributed by atoms with Gasteiger partial charge in [-0.05, 0) is 31.6 Å². The van der Waals surface area contributed by atoms with Crippen molar-refractivity contribution in [3.05, 3.63) is 24.3 Å². The van der Waals surface area contributed by atoms with Gasteiger partial charge in [-0.3, -0.25) is 0 Å². The molecule has 3 unspecified atom stereocenters. The van der Waals surface area contributed by atoms with E-state index in [-0.39, 0.29) is 17.6 Å². The Morgan fingerprint density at radius 3 is 2.90 bits per heavy atom. The maximum absolute atomic E-state index is 10.1. The van der Waals surface area contributed by atoms with Gasteiger partial charge in [0.2, 0.25) is 0 Å². The maximum Gasteiger partial charge on any atom is 0.0721 e. The smallest absolute Gasteiger partial charge is 0.0721 e. The minimum absolute atomic E-state index is 0.0304. The van der Waals surface area contributed by atoms with Gasteiger partial charge in [-0.2, -0.15) is 0 Å². The topological polar surface area (TPSA) is 40.5 Å². The van der Waals surface area contributed by atoms with Crippen LogP contribution in [-0.4, -0.2) is 22.4 Å². The second-order valence-electron chi connectivity index (χ2n) is 6.67. The van der Waals surface area contributed by atoms with Crippen molar-refractivity contribution in [2.24, 2.45) is 11.3 Å². The van der Waals surface area contributed by atoms with E-state index in [0.717, 1.165) is 32.1 Å². The lowest BCUT2D eigenvalue weighted by molar-refractivity contribution is 0.173. The standard InChI is InChI=1S/C18H30O2/c1-2-3-4-5-6-9-16(19)10-12-18-11-7-8-15(18)13-17(20)14-18/h7,10-12,15-17,19-20H,2-6,8-9,13-14H2,1H3/b12-10+/t15?,16-,17?,18?/m1/s1. The molecule has 0 aromatic heterocycles. The van der Waals surface area contributed by atoms with E-state index in [4.69, 9.17) is 0 Å². The van der Waals surface area contributed by atoms with Crippen LogP contribution in [-0.2, 0) is 0 Å². The van der Waals surface area contributed by atoms with E-state index in [1.54, 1.807) is 0 Å². The van der Waals surface area contributed by atoms with Gasteiger partial charge in [-0.15, -0.1) is 0 Å². The van der Waals surface area contributed by atoms with Crippen molar-refractivity contribution in [2.45, 2.75) is 76.9 Å². The van der Waals surface area contributed by atoms with Crippen molar-refractivity contribution in [1.29, 1.82) is 0 Å². The predicted molar refractivity (Wildman–Crippen MR) is 83.4 cm³/mol. The lowest BCUT2D eigenvalue weighted by atomic mass is 9.80. The zero-order valence-electron chi connectivity index (χ0n) is 12.8. The van der Waals surface area contributed by atoms with E-state index in [1.807, 2.05) is 6.08 Å². The van der Waals surface area contributed by atoms with Crippen molar-refractivity contribution in [3.63, 3.8) is 0 Å². The molecule has 2 aliphatic carbocycles. The van der Waals surface area contributed by atoms with Gasteiger partial charge in [0.05, 0.1) is 12.2 Å². The first-order chi connectivity index (χ1) is 9.66. The van der Waals surface area contributed by atoms with Crippen LogP contribution in [0.1, 0.15) is 64.7 Å². The second kappa shape index (κ2) is 7.42. The number of unbranched alkanes of at least 4 members (excludes halogenated alkanes) is 4. The minimum Gasteiger partial charge on any atom is -0.393 e. The van der Waals surface area contributed by atoms with Crippen LogP contribution in [0.15, 0.2) is 24.3 Å². The van der Waals surface area contributed by atoms with Crippen LogP contribution in [0.4, 0.5) is 0 Å². The average Bonchev–Trinajstić information content (AvgIpc) is 2.92. The van der Waals surface area contributed by atoms with Crippen LogP contribution in [0.25, 0.3) is 0 Å². The van der Waals surface area contributed by atoms with Crippen molar-refractivity contribution in [3.8, 4) is 0 Å². The molecule has 0 bridgehead atoms. The Labute approximate surface area is 123 Å². The summed E-state index contributed by atoms with van der Waals surface area (Å²) in [6, 6.07) is 0. The van der Waals surface area contributed by atoms with Crippen molar-refractivity contribution < 1.29 is 10.2 Å². The summed E-state index contributed by atoms with van der Waals surface area (Å²) in [5.74, 6) is 0.547. The number of fused-ring (bicyclic) bond motifs is 1. The van der Waals surface area contributed by atoms with Crippen LogP contribution in [0.2, 0.25) is 0 Å². The van der Waals surface area contributed by atoms with E-state index in [9.17, 15) is 10.2 Å². The minimum atomic E-state index is -0.321. The fraction of sp³-hybridized carbons (Fsp3) is 0.778. The van der Waals surface area contributed by atoms with E-state index in [1.165, 1.54) is 25.7 Å². The SMILES string of the molecule is CCCCCCC[C@@H](O)/C=C/C12C=CCC1CC(O)C2. The number of allylic oxidation sites excluding steroid dienone is 3. The summed E-state index contributed by atoms with van der Waals surface area (Å²) < 4.78 is 0. The average molecular weight is 278 g/mol. The van der Waals surface area contributed by atoms with Gasteiger partial charge in [0.15, 0.2) is 0 Å². The highest BCUT2D eigenvalue weighted by molar-refractivity contribution is 5.24. The van der Waals surface area contributed by atoms with E-state index >= 15 is 0 Å². The third-order valence-electron chi connectivity index (χ3n) is 4.99. The molecule has 114 valence electrons. The Morgan fingerprint density at radius 1 is 1.30 bits per heavy atom. The van der Waals surface area contributed by atoms with Crippen molar-refractivity contribution in [2.75, 3.05) is 0 Å². The third kappa shape index (κ3) is 3.95. The van der Waals surface area contributed by atoms with Gasteiger partial charge in [-0.25, -0.2) is 0 Å². The number of aliphatic hydroxyl groups is 2. The first-order valence-corrected chi connectivity index (χ1v) is 8.39. The molecule has 2 rings (SSSR count). The third-order valence-corrected chi connectivity index (χ3v) is 4.99. The number of rotatable bonds is 8. The Hall–Kier alpha value is -0.600. The van der Waals surface area contributed by atoms with Crippen molar-refractivity contribution in [1.82, 2.24) is 0 Å². The second-order valence-corrected chi connectivity index (χ2v) is 6.67. The van der Waals surface area contributed by atoms with E-state index in [2.05, 4.69) is 25.2 Å². The number of hydrogen-bond donors (Lipinski definition) is 2. The summed E-state index contributed by atoms with van der Waals surface area (Å²) in [6.07, 6.45) is 18.0. The molecule has 0 radical (unpaired) electrons. The Bertz CT molecular complexity index is 347. The van der Waals surface area contributed by atoms with Crippen molar-refractivity contribution >= 4 is 0 Å². The Kier molecular flexibility index (Phi) is 5.86. The molecule has 20 heavy (non-hydrogen) atoms. The van der Waals surface area contributed by atoms with Gasteiger partial charge >= 0.3 is 0 Å². The molecule has 0 spiro atoms. The quantitative estimate of drug-likeness (QED) is 0.521. The Morgan fingerprint density at radius 2 is 2.10 bits per heavy atom. The summed E-state index contributed by atoms with van der Waals surface area (Å²) in [5.41, 5.74) is 0.0304. The molecular formula is C18H30O2. The summed E-state index contributed by atoms with van der Waals surface area (Å²) in [7, 11) is 0. The maximum atomic E-state index is 10.1. The fourth-order valence-corrected chi connectivity index (χ4v) is 3.78. The zero-order chi connectivity index (χ0) is 14.4. The molecule has 0 heterocycles. The Balaban J connectivity index is 1.75. The van der Waals surface area contributed by atoms with Gasteiger partial charge in [0.1, 0.15) is 0 Å². The normalized spacial score (nSPS) is 34.0. The highest BCUT2D eigenvalue weighted by atomic mass is 16.3. The summed E-state index contributed by atoms with van der Waals surface area (Å²) in [6.45, 7) is 2.22. The predicted octanol–water partition coefficient (Wildman–Crippen LogP) is 3.98. The van der Waals surface area contributed by atoms with Crippen LogP contribution in [0.5, 0.6) is 0 Å². The monoisotopic (exact) mass is 278 g/mol. The van der Waals surface area contributed by atoms with Gasteiger partial charge in [0, 0.05) is 5.41 Å². The molecule has 0 aromatic rings. The lowest BCUT2D eigenvalue weighted by Gasteiger charge is -2.24. The zero-order valence-corrected chi connectivity index (χ0v) is 12.8. The van der Waals surface area contributed by atoms with E-state index in [0.29, 0.717) is 5.92 Å². The number of hydrogen-bond acceptors (Lipinski definition) is 2. The lowest BCUT2D eigenvalue weighted by Crippen LogP contribution is -2.17. The molecule has 2 N–H and O–H groups in total. The van der Waals surface area contributed by atoms with Crippen LogP contribution in [0, 0.1) is 11.3 Å². The van der Waals surface area contributed by atoms with Crippen LogP contribution < -0.4 is 0 Å². The largest absolute Gasteiger partial charge is 0.393 e.